The van der Waals surface area contributed by atoms with Crippen LogP contribution in [0.15, 0.2) is 85.4 Å². The fraction of sp³-hybridized carbons (Fsp3) is 0.476. The number of carboxylic acids is 1. The molecule has 6 heteroatoms. The Hall–Kier alpha value is -3.80. The van der Waals surface area contributed by atoms with E-state index in [1.807, 2.05) is 26.0 Å². The van der Waals surface area contributed by atoms with Gasteiger partial charge in [0, 0.05) is 31.1 Å². The maximum absolute atomic E-state index is 12.6. The normalized spacial score (nSPS) is 14.4. The molecule has 0 amide bonds. The van der Waals surface area contributed by atoms with Gasteiger partial charge in [0.2, 0.25) is 0 Å². The number of nitrogens with one attached hydrogen (secondary N) is 1. The van der Waals surface area contributed by atoms with Gasteiger partial charge in [-0.2, -0.15) is 0 Å². The van der Waals surface area contributed by atoms with Gasteiger partial charge in [-0.3, -0.25) is 4.79 Å². The van der Waals surface area contributed by atoms with E-state index in [9.17, 15) is 18.4 Å². The van der Waals surface area contributed by atoms with Crippen molar-refractivity contribution in [1.29, 1.82) is 0 Å². The molecular formula is C42H59F2NO3. The van der Waals surface area contributed by atoms with Crippen LogP contribution in [0.3, 0.4) is 0 Å². The molecule has 2 N–H and O–H groups in total. The molecule has 1 aliphatic carbocycles. The third kappa shape index (κ3) is 17.4. The first-order valence-corrected chi connectivity index (χ1v) is 17.2. The number of alkyl halides is 2. The molecule has 1 aliphatic rings. The third-order valence-electron chi connectivity index (χ3n) is 8.78. The Morgan fingerprint density at radius 1 is 0.958 bits per heavy atom. The number of ketones is 1. The first-order valence-electron chi connectivity index (χ1n) is 17.2. The number of aryl methyl sites for hydroxylation is 1. The van der Waals surface area contributed by atoms with E-state index in [0.717, 1.165) is 36.1 Å². The molecule has 1 atom stereocenters. The zero-order chi connectivity index (χ0) is 36.3. The summed E-state index contributed by atoms with van der Waals surface area (Å²) in [6, 6.07) is 25.5. The Balaban J connectivity index is 0.000000344. The second-order valence-corrected chi connectivity index (χ2v) is 13.6. The first kappa shape index (κ1) is 42.2. The van der Waals surface area contributed by atoms with Crippen molar-refractivity contribution in [2.24, 2.45) is 5.41 Å². The van der Waals surface area contributed by atoms with E-state index in [0.29, 0.717) is 24.3 Å². The number of hydrogen-bond donors (Lipinski definition) is 2. The molecule has 1 saturated carbocycles. The second-order valence-electron chi connectivity index (χ2n) is 13.6. The monoisotopic (exact) mass is 663 g/mol. The van der Waals surface area contributed by atoms with E-state index >= 15 is 0 Å². The lowest BCUT2D eigenvalue weighted by Crippen LogP contribution is -2.20. The van der Waals surface area contributed by atoms with Gasteiger partial charge in [-0.15, -0.1) is 0 Å². The van der Waals surface area contributed by atoms with Gasteiger partial charge in [0.05, 0.1) is 6.42 Å². The summed E-state index contributed by atoms with van der Waals surface area (Å²) in [5.41, 5.74) is 6.30. The van der Waals surface area contributed by atoms with Gasteiger partial charge in [0.1, 0.15) is 5.78 Å². The molecule has 0 bridgehead atoms. The minimum absolute atomic E-state index is 0.0723. The van der Waals surface area contributed by atoms with Crippen molar-refractivity contribution in [3.05, 3.63) is 113 Å². The predicted molar refractivity (Wildman–Crippen MR) is 198 cm³/mol. The molecule has 1 fully saturated rings. The minimum Gasteiger partial charge on any atom is -0.481 e. The van der Waals surface area contributed by atoms with Crippen LogP contribution in [0.1, 0.15) is 133 Å². The molecule has 264 valence electrons. The molecule has 1 unspecified atom stereocenters. The molecule has 0 heterocycles. The van der Waals surface area contributed by atoms with Crippen LogP contribution in [-0.4, -0.2) is 23.4 Å². The van der Waals surface area contributed by atoms with E-state index < -0.39 is 11.9 Å². The van der Waals surface area contributed by atoms with Crippen LogP contribution in [0.2, 0.25) is 0 Å². The van der Waals surface area contributed by atoms with Crippen LogP contribution in [0.25, 0.3) is 5.70 Å². The summed E-state index contributed by atoms with van der Waals surface area (Å²) in [6.45, 7) is 19.7. The third-order valence-corrected chi connectivity index (χ3v) is 8.78. The summed E-state index contributed by atoms with van der Waals surface area (Å²) in [5, 5.41) is 11.6. The maximum atomic E-state index is 12.6. The molecule has 0 spiro atoms. The Morgan fingerprint density at radius 3 is 1.92 bits per heavy atom. The van der Waals surface area contributed by atoms with Crippen molar-refractivity contribution in [3.8, 4) is 0 Å². The van der Waals surface area contributed by atoms with E-state index in [4.69, 9.17) is 5.11 Å². The number of halogens is 2. The molecule has 4 rings (SSSR count). The summed E-state index contributed by atoms with van der Waals surface area (Å²) in [7, 11) is 0. The number of benzene rings is 3. The molecule has 48 heavy (non-hydrogen) atoms. The number of carbonyl (C=O) groups is 2. The van der Waals surface area contributed by atoms with Crippen LogP contribution >= 0.6 is 0 Å². The second kappa shape index (κ2) is 21.2. The predicted octanol–water partition coefficient (Wildman–Crippen LogP) is 11.7. The number of carbonyl (C=O) groups excluding carboxylic acids is 1. The highest BCUT2D eigenvalue weighted by Gasteiger charge is 2.27. The van der Waals surface area contributed by atoms with Crippen LogP contribution in [0, 0.1) is 12.3 Å². The Kier molecular flexibility index (Phi) is 18.7. The molecule has 3 aromatic carbocycles. The average Bonchev–Trinajstić information content (AvgIpc) is 3.05. The average molecular weight is 664 g/mol. The molecule has 3 aromatic rings. The highest BCUT2D eigenvalue weighted by molar-refractivity contribution is 5.74. The van der Waals surface area contributed by atoms with Gasteiger partial charge in [-0.25, -0.2) is 8.78 Å². The minimum atomic E-state index is -2.71. The highest BCUT2D eigenvalue weighted by atomic mass is 19.3. The Morgan fingerprint density at radius 2 is 1.48 bits per heavy atom. The zero-order valence-electron chi connectivity index (χ0n) is 30.5. The lowest BCUT2D eigenvalue weighted by Gasteiger charge is -2.34. The topological polar surface area (TPSA) is 66.4 Å². The van der Waals surface area contributed by atoms with Gasteiger partial charge < -0.3 is 15.2 Å². The van der Waals surface area contributed by atoms with Gasteiger partial charge in [-0.1, -0.05) is 126 Å². The quantitative estimate of drug-likeness (QED) is 0.227. The van der Waals surface area contributed by atoms with Crippen molar-refractivity contribution < 1.29 is 23.5 Å². The van der Waals surface area contributed by atoms with Crippen LogP contribution in [0.4, 0.5) is 8.78 Å². The van der Waals surface area contributed by atoms with E-state index in [1.165, 1.54) is 43.4 Å². The van der Waals surface area contributed by atoms with Gasteiger partial charge >= 0.3 is 5.97 Å². The zero-order valence-corrected chi connectivity index (χ0v) is 30.5. The summed E-state index contributed by atoms with van der Waals surface area (Å²) >= 11 is 0. The molecule has 0 saturated heterocycles. The van der Waals surface area contributed by atoms with Gasteiger partial charge in [-0.05, 0) is 79.9 Å². The standard InChI is InChI=1S/C15H21NO2.C14H20.C9H10F2.C4H8O/c1-4-11(2)13-5-7-14(8-6-13)12(3)16-10-9-15(17)18;1-14(2)10-8-13(9-11-14)12-6-4-3-5-7-12;1-7-3-5-8(6-4-7)9(2,10)11;1-3-4(2)5/h5-8,11,16H,3-4,9-10H2,1-2H3,(H,17,18);3-7,13H,8-11H2,1-2H3;3-6H,1-2H3;3H2,1-2H3. The van der Waals surface area contributed by atoms with Gasteiger partial charge in [0.15, 0.2) is 0 Å². The Labute approximate surface area is 289 Å². The van der Waals surface area contributed by atoms with Crippen LogP contribution < -0.4 is 5.32 Å². The van der Waals surface area contributed by atoms with Crippen molar-refractivity contribution >= 4 is 17.4 Å². The fourth-order valence-corrected chi connectivity index (χ4v) is 4.97. The van der Waals surface area contributed by atoms with Crippen molar-refractivity contribution in [2.45, 2.75) is 118 Å². The number of rotatable bonds is 10. The number of aliphatic carboxylic acids is 1. The molecule has 0 radical (unpaired) electrons. The van der Waals surface area contributed by atoms with E-state index in [-0.39, 0.29) is 17.8 Å². The van der Waals surface area contributed by atoms with E-state index in [1.54, 1.807) is 24.6 Å². The Bertz CT molecular complexity index is 1350. The summed E-state index contributed by atoms with van der Waals surface area (Å²) in [5.74, 6) is -1.88. The molecule has 0 aliphatic heterocycles. The molecular weight excluding hydrogens is 604 g/mol. The van der Waals surface area contributed by atoms with Crippen molar-refractivity contribution in [3.63, 3.8) is 0 Å². The first-order chi connectivity index (χ1) is 22.5. The van der Waals surface area contributed by atoms with Crippen LogP contribution in [-0.2, 0) is 15.5 Å². The smallest absolute Gasteiger partial charge is 0.305 e. The lowest BCUT2D eigenvalue weighted by molar-refractivity contribution is -0.136. The summed E-state index contributed by atoms with van der Waals surface area (Å²) < 4.78 is 25.2. The van der Waals surface area contributed by atoms with Gasteiger partial charge in [0.25, 0.3) is 5.92 Å². The molecule has 4 nitrogen and oxygen atoms in total. The van der Waals surface area contributed by atoms with E-state index in [2.05, 4.69) is 82.1 Å². The molecule has 0 aromatic heterocycles. The fourth-order valence-electron chi connectivity index (χ4n) is 4.97. The number of carboxylic acid groups (broad SMARTS) is 1. The van der Waals surface area contributed by atoms with Crippen molar-refractivity contribution in [1.82, 2.24) is 5.32 Å². The van der Waals surface area contributed by atoms with Crippen molar-refractivity contribution in [2.75, 3.05) is 6.54 Å². The highest BCUT2D eigenvalue weighted by Crippen LogP contribution is 2.42. The largest absolute Gasteiger partial charge is 0.481 e. The lowest BCUT2D eigenvalue weighted by atomic mass is 9.71. The van der Waals surface area contributed by atoms with Crippen LogP contribution in [0.5, 0.6) is 0 Å². The SMILES string of the molecule is C=C(NCCC(=O)O)c1ccc(C(C)CC)cc1.CC1(C)CCC(c2ccccc2)CC1.CCC(C)=O.Cc1ccc(C(C)(F)F)cc1. The summed E-state index contributed by atoms with van der Waals surface area (Å²) in [6.07, 6.45) is 7.40. The maximum Gasteiger partial charge on any atom is 0.305 e. The number of hydrogen-bond acceptors (Lipinski definition) is 3. The summed E-state index contributed by atoms with van der Waals surface area (Å²) in [4.78, 5) is 20.2. The number of Topliss-reactive ketones (excluding diaryl/α,β-unsaturated/α-hetero) is 1.